The molecule has 0 bridgehead atoms. The molecule has 118 valence electrons. The lowest BCUT2D eigenvalue weighted by atomic mass is 10.2. The number of nitrogens with one attached hydrogen (secondary N) is 1. The Morgan fingerprint density at radius 1 is 1.45 bits per heavy atom. The van der Waals surface area contributed by atoms with E-state index in [9.17, 15) is 4.79 Å². The first-order valence-electron chi connectivity index (χ1n) is 7.56. The summed E-state index contributed by atoms with van der Waals surface area (Å²) < 4.78 is 9.05. The normalized spacial score (nSPS) is 17.8. The van der Waals surface area contributed by atoms with Crippen molar-refractivity contribution in [3.63, 3.8) is 0 Å². The third-order valence-corrected chi connectivity index (χ3v) is 3.77. The van der Waals surface area contributed by atoms with Gasteiger partial charge in [0, 0.05) is 25.0 Å². The number of hydrogen-bond donors (Lipinski definition) is 1. The summed E-state index contributed by atoms with van der Waals surface area (Å²) in [6.45, 7) is 5.79. The van der Waals surface area contributed by atoms with Gasteiger partial charge in [0.05, 0.1) is 11.8 Å². The van der Waals surface area contributed by atoms with Gasteiger partial charge in [-0.25, -0.2) is 4.68 Å². The van der Waals surface area contributed by atoms with E-state index in [1.165, 1.54) is 0 Å². The standard InChI is InChI=1S/C15H21N5O2/c1-11-8-12(2)20(17-11)10-19-6-5-14(18-19)15(21)16-9-13-4-3-7-22-13/h5-6,8,13H,3-4,7,9-10H2,1-2H3,(H,16,21)/t13-/m0/s1. The molecule has 0 unspecified atom stereocenters. The number of ether oxygens (including phenoxy) is 1. The van der Waals surface area contributed by atoms with Crippen molar-refractivity contribution in [1.82, 2.24) is 24.9 Å². The molecule has 7 heteroatoms. The molecule has 7 nitrogen and oxygen atoms in total. The predicted molar refractivity (Wildman–Crippen MR) is 80.6 cm³/mol. The highest BCUT2D eigenvalue weighted by Gasteiger charge is 2.17. The van der Waals surface area contributed by atoms with Gasteiger partial charge < -0.3 is 10.1 Å². The molecule has 1 saturated heterocycles. The molecule has 1 fully saturated rings. The van der Waals surface area contributed by atoms with Gasteiger partial charge in [0.1, 0.15) is 12.4 Å². The molecule has 22 heavy (non-hydrogen) atoms. The number of nitrogens with zero attached hydrogens (tertiary/aromatic N) is 4. The summed E-state index contributed by atoms with van der Waals surface area (Å²) >= 11 is 0. The van der Waals surface area contributed by atoms with E-state index in [0.717, 1.165) is 30.8 Å². The first-order valence-corrected chi connectivity index (χ1v) is 7.56. The largest absolute Gasteiger partial charge is 0.376 e. The molecule has 1 atom stereocenters. The molecule has 0 aliphatic carbocycles. The number of carbonyl (C=O) groups excluding carboxylic acids is 1. The van der Waals surface area contributed by atoms with Crippen molar-refractivity contribution >= 4 is 5.91 Å². The van der Waals surface area contributed by atoms with E-state index >= 15 is 0 Å². The zero-order valence-electron chi connectivity index (χ0n) is 13.0. The second-order valence-corrected chi connectivity index (χ2v) is 5.65. The first kappa shape index (κ1) is 14.8. The van der Waals surface area contributed by atoms with Crippen LogP contribution in [0, 0.1) is 13.8 Å². The average Bonchev–Trinajstić information content (AvgIpc) is 3.20. The summed E-state index contributed by atoms with van der Waals surface area (Å²) in [5.74, 6) is -0.164. The highest BCUT2D eigenvalue weighted by atomic mass is 16.5. The van der Waals surface area contributed by atoms with Crippen molar-refractivity contribution in [3.8, 4) is 0 Å². The number of aryl methyl sites for hydroxylation is 2. The number of amides is 1. The van der Waals surface area contributed by atoms with Gasteiger partial charge in [-0.2, -0.15) is 10.2 Å². The minimum Gasteiger partial charge on any atom is -0.376 e. The molecule has 1 aliphatic heterocycles. The van der Waals surface area contributed by atoms with Crippen LogP contribution in [0.5, 0.6) is 0 Å². The maximum Gasteiger partial charge on any atom is 0.271 e. The van der Waals surface area contributed by atoms with Gasteiger partial charge in [-0.15, -0.1) is 0 Å². The van der Waals surface area contributed by atoms with E-state index in [-0.39, 0.29) is 12.0 Å². The monoisotopic (exact) mass is 303 g/mol. The lowest BCUT2D eigenvalue weighted by Gasteiger charge is -2.09. The van der Waals surface area contributed by atoms with Crippen LogP contribution in [0.25, 0.3) is 0 Å². The minimum atomic E-state index is -0.164. The number of rotatable bonds is 5. The molecule has 0 radical (unpaired) electrons. The van der Waals surface area contributed by atoms with Crippen LogP contribution < -0.4 is 5.32 Å². The van der Waals surface area contributed by atoms with E-state index in [1.807, 2.05) is 24.6 Å². The fraction of sp³-hybridized carbons (Fsp3) is 0.533. The van der Waals surface area contributed by atoms with Crippen molar-refractivity contribution in [2.24, 2.45) is 0 Å². The van der Waals surface area contributed by atoms with Crippen LogP contribution in [-0.2, 0) is 11.4 Å². The van der Waals surface area contributed by atoms with Gasteiger partial charge in [-0.05, 0) is 38.8 Å². The predicted octanol–water partition coefficient (Wildman–Crippen LogP) is 1.11. The van der Waals surface area contributed by atoms with Crippen molar-refractivity contribution < 1.29 is 9.53 Å². The van der Waals surface area contributed by atoms with Crippen molar-refractivity contribution in [2.45, 2.75) is 39.5 Å². The fourth-order valence-electron chi connectivity index (χ4n) is 2.62. The van der Waals surface area contributed by atoms with Gasteiger partial charge in [0.25, 0.3) is 5.91 Å². The maximum absolute atomic E-state index is 12.1. The molecular formula is C15H21N5O2. The summed E-state index contributed by atoms with van der Waals surface area (Å²) in [6, 6.07) is 3.73. The maximum atomic E-state index is 12.1. The van der Waals surface area contributed by atoms with Gasteiger partial charge in [0.15, 0.2) is 0 Å². The molecule has 0 spiro atoms. The third-order valence-electron chi connectivity index (χ3n) is 3.77. The van der Waals surface area contributed by atoms with E-state index in [1.54, 1.807) is 16.9 Å². The highest BCUT2D eigenvalue weighted by molar-refractivity contribution is 5.92. The van der Waals surface area contributed by atoms with Crippen LogP contribution in [0.15, 0.2) is 18.3 Å². The summed E-state index contributed by atoms with van der Waals surface area (Å²) in [5.41, 5.74) is 2.45. The molecule has 1 amide bonds. The molecule has 3 heterocycles. The molecule has 1 aliphatic rings. The second kappa shape index (κ2) is 6.31. The van der Waals surface area contributed by atoms with Gasteiger partial charge >= 0.3 is 0 Å². The molecule has 1 N–H and O–H groups in total. The second-order valence-electron chi connectivity index (χ2n) is 5.65. The van der Waals surface area contributed by atoms with Crippen LogP contribution in [0.3, 0.4) is 0 Å². The fourth-order valence-corrected chi connectivity index (χ4v) is 2.62. The SMILES string of the molecule is Cc1cc(C)n(Cn2ccc(C(=O)NC[C@@H]3CCCO3)n2)n1. The molecule has 3 rings (SSSR count). The Hall–Kier alpha value is -2.15. The third kappa shape index (κ3) is 3.36. The first-order chi connectivity index (χ1) is 10.6. The number of hydrogen-bond acceptors (Lipinski definition) is 4. The number of carbonyl (C=O) groups is 1. The Labute approximate surface area is 129 Å². The van der Waals surface area contributed by atoms with E-state index in [2.05, 4.69) is 15.5 Å². The van der Waals surface area contributed by atoms with Crippen LogP contribution in [0.4, 0.5) is 0 Å². The Bertz CT molecular complexity index is 655. The lowest BCUT2D eigenvalue weighted by molar-refractivity contribution is 0.0853. The quantitative estimate of drug-likeness (QED) is 0.898. The molecular weight excluding hydrogens is 282 g/mol. The van der Waals surface area contributed by atoms with Crippen LogP contribution in [0.2, 0.25) is 0 Å². The van der Waals surface area contributed by atoms with E-state index in [4.69, 9.17) is 4.74 Å². The molecule has 0 saturated carbocycles. The van der Waals surface area contributed by atoms with Crippen LogP contribution >= 0.6 is 0 Å². The van der Waals surface area contributed by atoms with Gasteiger partial charge in [-0.1, -0.05) is 0 Å². The smallest absolute Gasteiger partial charge is 0.271 e. The molecule has 2 aromatic rings. The van der Waals surface area contributed by atoms with E-state index in [0.29, 0.717) is 18.9 Å². The minimum absolute atomic E-state index is 0.140. The lowest BCUT2D eigenvalue weighted by Crippen LogP contribution is -2.32. The molecule has 0 aromatic carbocycles. The Morgan fingerprint density at radius 3 is 3.00 bits per heavy atom. The van der Waals surface area contributed by atoms with Crippen LogP contribution in [-0.4, -0.2) is 44.7 Å². The zero-order valence-corrected chi connectivity index (χ0v) is 13.0. The Balaban J connectivity index is 1.58. The number of aromatic nitrogens is 4. The van der Waals surface area contributed by atoms with Gasteiger partial charge in [0.2, 0.25) is 0 Å². The Kier molecular flexibility index (Phi) is 4.24. The van der Waals surface area contributed by atoms with Crippen molar-refractivity contribution in [3.05, 3.63) is 35.4 Å². The summed E-state index contributed by atoms with van der Waals surface area (Å²) in [5, 5.41) is 11.6. The summed E-state index contributed by atoms with van der Waals surface area (Å²) in [7, 11) is 0. The summed E-state index contributed by atoms with van der Waals surface area (Å²) in [4.78, 5) is 12.1. The highest BCUT2D eigenvalue weighted by Crippen LogP contribution is 2.10. The van der Waals surface area contributed by atoms with E-state index < -0.39 is 0 Å². The van der Waals surface area contributed by atoms with Crippen molar-refractivity contribution in [1.29, 1.82) is 0 Å². The summed E-state index contributed by atoms with van der Waals surface area (Å²) in [6.07, 6.45) is 4.00. The van der Waals surface area contributed by atoms with Crippen LogP contribution in [0.1, 0.15) is 34.7 Å². The average molecular weight is 303 g/mol. The van der Waals surface area contributed by atoms with Crippen molar-refractivity contribution in [2.75, 3.05) is 13.2 Å². The topological polar surface area (TPSA) is 74.0 Å². The van der Waals surface area contributed by atoms with Gasteiger partial charge in [-0.3, -0.25) is 9.48 Å². The zero-order chi connectivity index (χ0) is 15.5. The molecule has 2 aromatic heterocycles. The Morgan fingerprint density at radius 2 is 2.32 bits per heavy atom.